The predicted molar refractivity (Wildman–Crippen MR) is 78.5 cm³/mol. The molecule has 86 valence electrons. The molecule has 0 amide bonds. The highest BCUT2D eigenvalue weighted by molar-refractivity contribution is 14.1. The lowest BCUT2D eigenvalue weighted by molar-refractivity contribution is 0.103. The molecule has 0 saturated heterocycles. The zero-order chi connectivity index (χ0) is 12.4. The average Bonchev–Trinajstić information content (AvgIpc) is 2.32. The third-order valence-electron chi connectivity index (χ3n) is 2.90. The molecule has 0 N–H and O–H groups in total. The van der Waals surface area contributed by atoms with Crippen molar-refractivity contribution >= 4 is 28.4 Å². The van der Waals surface area contributed by atoms with Crippen LogP contribution < -0.4 is 0 Å². The molecule has 2 aromatic carbocycles. The standard InChI is InChI=1S/C15H13IO/c1-10-6-3-4-7-12(10)15(17)13-8-5-9-14(16)11(13)2/h3-9H,1-2H3. The largest absolute Gasteiger partial charge is 0.289 e. The van der Waals surface area contributed by atoms with Crippen molar-refractivity contribution in [1.29, 1.82) is 0 Å². The molecule has 0 bridgehead atoms. The summed E-state index contributed by atoms with van der Waals surface area (Å²) in [5.41, 5.74) is 3.67. The Morgan fingerprint density at radius 1 is 0.941 bits per heavy atom. The molecule has 0 radical (unpaired) electrons. The molecular formula is C15H13IO. The number of ketones is 1. The van der Waals surface area contributed by atoms with Crippen LogP contribution in [0.25, 0.3) is 0 Å². The Hall–Kier alpha value is -1.16. The molecule has 0 heterocycles. The Bertz CT molecular complexity index is 573. The molecule has 0 fully saturated rings. The molecular weight excluding hydrogens is 323 g/mol. The molecule has 0 aliphatic carbocycles. The van der Waals surface area contributed by atoms with Crippen LogP contribution in [-0.2, 0) is 0 Å². The number of hydrogen-bond donors (Lipinski definition) is 0. The summed E-state index contributed by atoms with van der Waals surface area (Å²) in [6.45, 7) is 3.96. The van der Waals surface area contributed by atoms with Gasteiger partial charge in [-0.15, -0.1) is 0 Å². The maximum Gasteiger partial charge on any atom is 0.193 e. The van der Waals surface area contributed by atoms with E-state index >= 15 is 0 Å². The summed E-state index contributed by atoms with van der Waals surface area (Å²) < 4.78 is 1.13. The van der Waals surface area contributed by atoms with Crippen molar-refractivity contribution in [3.63, 3.8) is 0 Å². The number of benzene rings is 2. The van der Waals surface area contributed by atoms with E-state index in [1.807, 2.05) is 56.3 Å². The van der Waals surface area contributed by atoms with Gasteiger partial charge >= 0.3 is 0 Å². The number of rotatable bonds is 2. The maximum atomic E-state index is 12.4. The summed E-state index contributed by atoms with van der Waals surface area (Å²) in [4.78, 5) is 12.4. The summed E-state index contributed by atoms with van der Waals surface area (Å²) in [5.74, 6) is 0.110. The van der Waals surface area contributed by atoms with Crippen molar-refractivity contribution in [3.05, 3.63) is 68.3 Å². The van der Waals surface area contributed by atoms with Crippen LogP contribution in [0.2, 0.25) is 0 Å². The van der Waals surface area contributed by atoms with Crippen molar-refractivity contribution in [2.75, 3.05) is 0 Å². The zero-order valence-electron chi connectivity index (χ0n) is 9.83. The first-order valence-electron chi connectivity index (χ1n) is 5.46. The van der Waals surface area contributed by atoms with Gasteiger partial charge in [0.2, 0.25) is 0 Å². The topological polar surface area (TPSA) is 17.1 Å². The monoisotopic (exact) mass is 336 g/mol. The van der Waals surface area contributed by atoms with Crippen LogP contribution in [0.5, 0.6) is 0 Å². The number of halogens is 1. The molecule has 1 nitrogen and oxygen atoms in total. The van der Waals surface area contributed by atoms with Gasteiger partial charge in [-0.2, -0.15) is 0 Å². The molecule has 2 aromatic rings. The van der Waals surface area contributed by atoms with Gasteiger partial charge in [0.1, 0.15) is 0 Å². The van der Waals surface area contributed by atoms with Crippen LogP contribution in [0, 0.1) is 17.4 Å². The normalized spacial score (nSPS) is 10.3. The second-order valence-electron chi connectivity index (χ2n) is 4.06. The van der Waals surface area contributed by atoms with Gasteiger partial charge in [0, 0.05) is 14.7 Å². The second kappa shape index (κ2) is 5.00. The van der Waals surface area contributed by atoms with Crippen molar-refractivity contribution in [3.8, 4) is 0 Å². The summed E-state index contributed by atoms with van der Waals surface area (Å²) in [5, 5.41) is 0. The van der Waals surface area contributed by atoms with Crippen molar-refractivity contribution < 1.29 is 4.79 Å². The summed E-state index contributed by atoms with van der Waals surface area (Å²) in [7, 11) is 0. The lowest BCUT2D eigenvalue weighted by Crippen LogP contribution is -2.06. The Morgan fingerprint density at radius 3 is 2.29 bits per heavy atom. The van der Waals surface area contributed by atoms with E-state index in [2.05, 4.69) is 22.6 Å². The number of carbonyl (C=O) groups is 1. The highest BCUT2D eigenvalue weighted by atomic mass is 127. The lowest BCUT2D eigenvalue weighted by Gasteiger charge is -2.08. The number of hydrogen-bond acceptors (Lipinski definition) is 1. The first-order valence-corrected chi connectivity index (χ1v) is 6.54. The summed E-state index contributed by atoms with van der Waals surface area (Å²) in [6.07, 6.45) is 0. The third-order valence-corrected chi connectivity index (χ3v) is 4.07. The molecule has 0 atom stereocenters. The minimum atomic E-state index is 0.110. The molecule has 0 spiro atoms. The van der Waals surface area contributed by atoms with Gasteiger partial charge in [-0.3, -0.25) is 4.79 Å². The van der Waals surface area contributed by atoms with Crippen LogP contribution in [-0.4, -0.2) is 5.78 Å². The molecule has 0 saturated carbocycles. The minimum Gasteiger partial charge on any atom is -0.289 e. The molecule has 0 unspecified atom stereocenters. The van der Waals surface area contributed by atoms with Gasteiger partial charge in [-0.25, -0.2) is 0 Å². The van der Waals surface area contributed by atoms with Crippen LogP contribution in [0.3, 0.4) is 0 Å². The van der Waals surface area contributed by atoms with E-state index in [1.165, 1.54) is 0 Å². The van der Waals surface area contributed by atoms with Crippen LogP contribution in [0.15, 0.2) is 42.5 Å². The highest BCUT2D eigenvalue weighted by Crippen LogP contribution is 2.20. The first-order chi connectivity index (χ1) is 8.11. The Morgan fingerprint density at radius 2 is 1.59 bits per heavy atom. The van der Waals surface area contributed by atoms with Crippen LogP contribution in [0.4, 0.5) is 0 Å². The summed E-state index contributed by atoms with van der Waals surface area (Å²) in [6, 6.07) is 13.6. The fourth-order valence-corrected chi connectivity index (χ4v) is 2.32. The van der Waals surface area contributed by atoms with Gasteiger partial charge in [0.15, 0.2) is 5.78 Å². The van der Waals surface area contributed by atoms with Crippen molar-refractivity contribution in [1.82, 2.24) is 0 Å². The van der Waals surface area contributed by atoms with E-state index in [-0.39, 0.29) is 5.78 Å². The molecule has 0 aliphatic rings. The fraction of sp³-hybridized carbons (Fsp3) is 0.133. The van der Waals surface area contributed by atoms with E-state index in [0.29, 0.717) is 0 Å². The lowest BCUT2D eigenvalue weighted by atomic mass is 9.96. The van der Waals surface area contributed by atoms with Crippen LogP contribution in [0.1, 0.15) is 27.0 Å². The van der Waals surface area contributed by atoms with E-state index in [1.54, 1.807) is 0 Å². The van der Waals surface area contributed by atoms with Crippen molar-refractivity contribution in [2.24, 2.45) is 0 Å². The number of carbonyl (C=O) groups excluding carboxylic acids is 1. The Kier molecular flexibility index (Phi) is 3.62. The quantitative estimate of drug-likeness (QED) is 0.595. The fourth-order valence-electron chi connectivity index (χ4n) is 1.83. The smallest absolute Gasteiger partial charge is 0.193 e. The highest BCUT2D eigenvalue weighted by Gasteiger charge is 2.14. The maximum absolute atomic E-state index is 12.4. The Labute approximate surface area is 115 Å². The minimum absolute atomic E-state index is 0.110. The van der Waals surface area contributed by atoms with Gasteiger partial charge in [0.25, 0.3) is 0 Å². The van der Waals surface area contributed by atoms with E-state index in [0.717, 1.165) is 25.8 Å². The molecule has 2 rings (SSSR count). The third kappa shape index (κ3) is 2.41. The molecule has 0 aliphatic heterocycles. The van der Waals surface area contributed by atoms with Gasteiger partial charge in [0.05, 0.1) is 0 Å². The van der Waals surface area contributed by atoms with Crippen molar-refractivity contribution in [2.45, 2.75) is 13.8 Å². The zero-order valence-corrected chi connectivity index (χ0v) is 12.0. The van der Waals surface area contributed by atoms with Crippen LogP contribution >= 0.6 is 22.6 Å². The molecule has 2 heteroatoms. The first kappa shape index (κ1) is 12.3. The Balaban J connectivity index is 2.52. The van der Waals surface area contributed by atoms with Gasteiger partial charge < -0.3 is 0 Å². The summed E-state index contributed by atoms with van der Waals surface area (Å²) >= 11 is 2.26. The van der Waals surface area contributed by atoms with E-state index < -0.39 is 0 Å². The average molecular weight is 336 g/mol. The molecule has 0 aromatic heterocycles. The van der Waals surface area contributed by atoms with Gasteiger partial charge in [-0.1, -0.05) is 36.4 Å². The number of aryl methyl sites for hydroxylation is 1. The van der Waals surface area contributed by atoms with E-state index in [9.17, 15) is 4.79 Å². The second-order valence-corrected chi connectivity index (χ2v) is 5.22. The van der Waals surface area contributed by atoms with E-state index in [4.69, 9.17) is 0 Å². The van der Waals surface area contributed by atoms with Gasteiger partial charge in [-0.05, 0) is 53.6 Å². The SMILES string of the molecule is Cc1ccccc1C(=O)c1cccc(I)c1C. The predicted octanol–water partition coefficient (Wildman–Crippen LogP) is 4.14. The molecule has 17 heavy (non-hydrogen) atoms.